The molecule has 0 saturated carbocycles. The molecule has 2 aromatic rings. The molecule has 3 rings (SSSR count). The molecule has 2 amide bonds. The van der Waals surface area contributed by atoms with Gasteiger partial charge in [0.2, 0.25) is 11.8 Å². The zero-order valence-corrected chi connectivity index (χ0v) is 16.0. The molecular formula is C19H24N4O3S. The van der Waals surface area contributed by atoms with Crippen LogP contribution in [-0.4, -0.2) is 67.6 Å². The summed E-state index contributed by atoms with van der Waals surface area (Å²) in [5, 5.41) is 8.24. The fourth-order valence-electron chi connectivity index (χ4n) is 2.75. The van der Waals surface area contributed by atoms with Crippen LogP contribution in [0.1, 0.15) is 5.69 Å². The first-order chi connectivity index (χ1) is 13.2. The first-order valence-electron chi connectivity index (χ1n) is 9.04. The van der Waals surface area contributed by atoms with Gasteiger partial charge in [-0.3, -0.25) is 14.5 Å². The molecule has 0 bridgehead atoms. The van der Waals surface area contributed by atoms with Crippen molar-refractivity contribution in [2.75, 3.05) is 45.9 Å². The van der Waals surface area contributed by atoms with Crippen molar-refractivity contribution in [1.82, 2.24) is 20.5 Å². The van der Waals surface area contributed by atoms with Crippen molar-refractivity contribution in [3.63, 3.8) is 0 Å². The van der Waals surface area contributed by atoms with E-state index < -0.39 is 0 Å². The third-order valence-electron chi connectivity index (χ3n) is 4.21. The topological polar surface area (TPSA) is 83.6 Å². The fraction of sp³-hybridized carbons (Fsp3) is 0.421. The van der Waals surface area contributed by atoms with Crippen molar-refractivity contribution in [2.45, 2.75) is 6.42 Å². The van der Waals surface area contributed by atoms with Gasteiger partial charge in [-0.25, -0.2) is 4.98 Å². The third-order valence-corrected chi connectivity index (χ3v) is 5.15. The molecule has 0 spiro atoms. The molecule has 0 unspecified atom stereocenters. The van der Waals surface area contributed by atoms with E-state index >= 15 is 0 Å². The molecule has 1 aliphatic rings. The number of hydrogen-bond acceptors (Lipinski definition) is 6. The highest BCUT2D eigenvalue weighted by molar-refractivity contribution is 7.13. The molecule has 1 saturated heterocycles. The molecule has 7 nitrogen and oxygen atoms in total. The van der Waals surface area contributed by atoms with Crippen molar-refractivity contribution in [1.29, 1.82) is 0 Å². The smallest absolute Gasteiger partial charge is 0.239 e. The van der Waals surface area contributed by atoms with Gasteiger partial charge in [-0.15, -0.1) is 11.3 Å². The van der Waals surface area contributed by atoms with Crippen molar-refractivity contribution in [2.24, 2.45) is 0 Å². The number of nitrogens with one attached hydrogen (secondary N) is 2. The second kappa shape index (κ2) is 10.1. The first kappa shape index (κ1) is 19.5. The summed E-state index contributed by atoms with van der Waals surface area (Å²) in [7, 11) is 0. The molecule has 1 aromatic carbocycles. The number of thiazole rings is 1. The molecule has 1 aromatic heterocycles. The summed E-state index contributed by atoms with van der Waals surface area (Å²) >= 11 is 1.51. The van der Waals surface area contributed by atoms with Gasteiger partial charge in [-0.2, -0.15) is 0 Å². The monoisotopic (exact) mass is 388 g/mol. The summed E-state index contributed by atoms with van der Waals surface area (Å²) in [4.78, 5) is 30.6. The van der Waals surface area contributed by atoms with Crippen LogP contribution in [0.25, 0.3) is 10.6 Å². The quantitative estimate of drug-likeness (QED) is 0.703. The Morgan fingerprint density at radius 2 is 1.89 bits per heavy atom. The van der Waals surface area contributed by atoms with Gasteiger partial charge in [-0.1, -0.05) is 30.3 Å². The largest absolute Gasteiger partial charge is 0.379 e. The number of ether oxygens (including phenoxy) is 1. The fourth-order valence-corrected chi connectivity index (χ4v) is 3.57. The number of benzene rings is 1. The van der Waals surface area contributed by atoms with E-state index in [1.165, 1.54) is 11.3 Å². The van der Waals surface area contributed by atoms with E-state index in [2.05, 4.69) is 20.5 Å². The first-order valence-corrected chi connectivity index (χ1v) is 9.92. The molecule has 8 heteroatoms. The highest BCUT2D eigenvalue weighted by Gasteiger charge is 2.12. The molecule has 2 N–H and O–H groups in total. The van der Waals surface area contributed by atoms with Crippen LogP contribution in [0, 0.1) is 0 Å². The van der Waals surface area contributed by atoms with Crippen LogP contribution in [0.4, 0.5) is 0 Å². The molecule has 1 fully saturated rings. The predicted molar refractivity (Wildman–Crippen MR) is 105 cm³/mol. The lowest BCUT2D eigenvalue weighted by molar-refractivity contribution is -0.125. The number of rotatable bonds is 8. The van der Waals surface area contributed by atoms with Crippen LogP contribution >= 0.6 is 11.3 Å². The minimum atomic E-state index is -0.205. The number of carbonyl (C=O) groups excluding carboxylic acids is 2. The number of morpholine rings is 1. The molecule has 0 radical (unpaired) electrons. The SMILES string of the molecule is O=C(CNC(=O)Cc1csc(-c2ccccc2)n1)NCCN1CCOCC1. The molecule has 27 heavy (non-hydrogen) atoms. The number of nitrogens with zero attached hydrogens (tertiary/aromatic N) is 2. The van der Waals surface area contributed by atoms with E-state index in [4.69, 9.17) is 4.74 Å². The van der Waals surface area contributed by atoms with Crippen LogP contribution in [-0.2, 0) is 20.7 Å². The average molecular weight is 388 g/mol. The third kappa shape index (κ3) is 6.42. The van der Waals surface area contributed by atoms with E-state index in [0.717, 1.165) is 43.4 Å². The van der Waals surface area contributed by atoms with Gasteiger partial charge in [-0.05, 0) is 0 Å². The summed E-state index contributed by atoms with van der Waals surface area (Å²) in [6, 6.07) is 9.85. The normalized spacial score (nSPS) is 14.7. The Morgan fingerprint density at radius 3 is 2.67 bits per heavy atom. The van der Waals surface area contributed by atoms with Crippen molar-refractivity contribution in [3.05, 3.63) is 41.4 Å². The van der Waals surface area contributed by atoms with Crippen LogP contribution in [0.3, 0.4) is 0 Å². The van der Waals surface area contributed by atoms with E-state index in [0.29, 0.717) is 12.2 Å². The van der Waals surface area contributed by atoms with Crippen molar-refractivity contribution < 1.29 is 14.3 Å². The Bertz CT molecular complexity index is 744. The summed E-state index contributed by atoms with van der Waals surface area (Å²) < 4.78 is 5.29. The Hall–Kier alpha value is -2.29. The molecule has 0 aliphatic carbocycles. The zero-order valence-electron chi connectivity index (χ0n) is 15.1. The Balaban J connectivity index is 1.34. The highest BCUT2D eigenvalue weighted by Crippen LogP contribution is 2.23. The number of amides is 2. The zero-order chi connectivity index (χ0) is 18.9. The lowest BCUT2D eigenvalue weighted by atomic mass is 10.2. The van der Waals surface area contributed by atoms with Gasteiger partial charge < -0.3 is 15.4 Å². The standard InChI is InChI=1S/C19H24N4O3S/c24-17(12-16-14-27-19(22-16)15-4-2-1-3-5-15)21-13-18(25)20-6-7-23-8-10-26-11-9-23/h1-5,14H,6-13H2,(H,20,25)(H,21,24). The Labute approximate surface area is 162 Å². The highest BCUT2D eigenvalue weighted by atomic mass is 32.1. The number of hydrogen-bond donors (Lipinski definition) is 2. The van der Waals surface area contributed by atoms with E-state index in [-0.39, 0.29) is 24.8 Å². The molecule has 144 valence electrons. The summed E-state index contributed by atoms with van der Waals surface area (Å²) in [5.74, 6) is -0.386. The van der Waals surface area contributed by atoms with Gasteiger partial charge in [0.1, 0.15) is 5.01 Å². The Morgan fingerprint density at radius 1 is 1.11 bits per heavy atom. The number of carbonyl (C=O) groups is 2. The van der Waals surface area contributed by atoms with Gasteiger partial charge in [0, 0.05) is 37.1 Å². The van der Waals surface area contributed by atoms with E-state index in [1.54, 1.807) is 0 Å². The maximum absolute atomic E-state index is 12.0. The maximum Gasteiger partial charge on any atom is 0.239 e. The van der Waals surface area contributed by atoms with E-state index in [1.807, 2.05) is 35.7 Å². The number of aromatic nitrogens is 1. The van der Waals surface area contributed by atoms with Gasteiger partial charge in [0.25, 0.3) is 0 Å². The molecule has 2 heterocycles. The summed E-state index contributed by atoms with van der Waals surface area (Å²) in [5.41, 5.74) is 1.75. The minimum absolute atomic E-state index is 0.0162. The lowest BCUT2D eigenvalue weighted by Crippen LogP contribution is -2.43. The molecule has 1 aliphatic heterocycles. The second-order valence-corrected chi connectivity index (χ2v) is 7.13. The van der Waals surface area contributed by atoms with Crippen LogP contribution in [0.5, 0.6) is 0 Å². The maximum atomic E-state index is 12.0. The van der Waals surface area contributed by atoms with Gasteiger partial charge >= 0.3 is 0 Å². The van der Waals surface area contributed by atoms with Crippen LogP contribution < -0.4 is 10.6 Å². The van der Waals surface area contributed by atoms with Crippen molar-refractivity contribution >= 4 is 23.2 Å². The van der Waals surface area contributed by atoms with Crippen LogP contribution in [0.15, 0.2) is 35.7 Å². The Kier molecular flexibility index (Phi) is 7.32. The van der Waals surface area contributed by atoms with E-state index in [9.17, 15) is 9.59 Å². The summed E-state index contributed by atoms with van der Waals surface area (Å²) in [6.07, 6.45) is 0.171. The lowest BCUT2D eigenvalue weighted by Gasteiger charge is -2.26. The van der Waals surface area contributed by atoms with Gasteiger partial charge in [0.05, 0.1) is 31.9 Å². The minimum Gasteiger partial charge on any atom is -0.379 e. The van der Waals surface area contributed by atoms with Gasteiger partial charge in [0.15, 0.2) is 0 Å². The van der Waals surface area contributed by atoms with Crippen LogP contribution in [0.2, 0.25) is 0 Å². The molecule has 0 atom stereocenters. The summed E-state index contributed by atoms with van der Waals surface area (Å²) in [6.45, 7) is 4.62. The van der Waals surface area contributed by atoms with Crippen molar-refractivity contribution in [3.8, 4) is 10.6 Å². The predicted octanol–water partition coefficient (Wildman–Crippen LogP) is 0.917. The molecular weight excluding hydrogens is 364 g/mol. The average Bonchev–Trinajstić information content (AvgIpc) is 3.16. The second-order valence-electron chi connectivity index (χ2n) is 6.27.